The summed E-state index contributed by atoms with van der Waals surface area (Å²) in [4.78, 5) is 40.2. The first-order valence-electron chi connectivity index (χ1n) is 13.6. The van der Waals surface area contributed by atoms with Crippen LogP contribution < -0.4 is 21.0 Å². The number of carbonyl (C=O) groups is 3. The van der Waals surface area contributed by atoms with Crippen molar-refractivity contribution in [2.75, 3.05) is 56.0 Å². The molecule has 0 aromatic heterocycles. The molecule has 3 N–H and O–H groups in total. The van der Waals surface area contributed by atoms with Gasteiger partial charge in [0.15, 0.2) is 0 Å². The van der Waals surface area contributed by atoms with E-state index in [9.17, 15) is 14.4 Å². The minimum Gasteiger partial charge on any atom is -0.443 e. The molecule has 204 valence electrons. The van der Waals surface area contributed by atoms with Crippen molar-refractivity contribution >= 4 is 29.3 Å². The fourth-order valence-corrected chi connectivity index (χ4v) is 5.16. The topological polar surface area (TPSA) is 106 Å². The van der Waals surface area contributed by atoms with Crippen LogP contribution in [0.5, 0.6) is 0 Å². The highest BCUT2D eigenvalue weighted by Gasteiger charge is 2.27. The van der Waals surface area contributed by atoms with Crippen LogP contribution in [0.3, 0.4) is 0 Å². The zero-order valence-corrected chi connectivity index (χ0v) is 22.4. The van der Waals surface area contributed by atoms with Crippen molar-refractivity contribution in [3.8, 4) is 0 Å². The van der Waals surface area contributed by atoms with E-state index < -0.39 is 5.60 Å². The number of imide groups is 1. The van der Waals surface area contributed by atoms with E-state index in [1.54, 1.807) is 0 Å². The number of nitrogens with one attached hydrogen (secondary N) is 3. The maximum Gasteiger partial charge on any atom is 0.422 e. The Morgan fingerprint density at radius 3 is 2.30 bits per heavy atom. The fourth-order valence-electron chi connectivity index (χ4n) is 5.16. The third-order valence-corrected chi connectivity index (χ3v) is 7.30. The Morgan fingerprint density at radius 2 is 1.68 bits per heavy atom. The van der Waals surface area contributed by atoms with Gasteiger partial charge in [0.1, 0.15) is 11.6 Å². The number of hydrogen-bond acceptors (Lipinski definition) is 8. The summed E-state index contributed by atoms with van der Waals surface area (Å²) in [6, 6.07) is 7.86. The Morgan fingerprint density at radius 1 is 1.00 bits per heavy atom. The van der Waals surface area contributed by atoms with Gasteiger partial charge in [0, 0.05) is 57.1 Å². The van der Waals surface area contributed by atoms with Gasteiger partial charge in [-0.1, -0.05) is 0 Å². The van der Waals surface area contributed by atoms with Gasteiger partial charge in [-0.25, -0.2) is 9.80 Å². The Kier molecular flexibility index (Phi) is 8.91. The number of piperazine rings is 1. The van der Waals surface area contributed by atoms with E-state index >= 15 is 0 Å². The lowest BCUT2D eigenvalue weighted by atomic mass is 9.94. The summed E-state index contributed by atoms with van der Waals surface area (Å²) in [6.07, 6.45) is 3.90. The van der Waals surface area contributed by atoms with Gasteiger partial charge in [0.25, 0.3) is 0 Å². The average Bonchev–Trinajstić information content (AvgIpc) is 2.85. The second kappa shape index (κ2) is 12.1. The molecule has 0 bridgehead atoms. The summed E-state index contributed by atoms with van der Waals surface area (Å²) in [7, 11) is 0. The minimum atomic E-state index is -0.481. The highest BCUT2D eigenvalue weighted by Crippen LogP contribution is 2.23. The van der Waals surface area contributed by atoms with Crippen LogP contribution in [0.4, 0.5) is 16.2 Å². The minimum absolute atomic E-state index is 0.199. The molecule has 3 aliphatic heterocycles. The summed E-state index contributed by atoms with van der Waals surface area (Å²) in [5.41, 5.74) is 4.48. The van der Waals surface area contributed by atoms with Crippen molar-refractivity contribution in [1.29, 1.82) is 0 Å². The second-order valence-corrected chi connectivity index (χ2v) is 11.4. The summed E-state index contributed by atoms with van der Waals surface area (Å²) in [5.74, 6) is 0.245. The van der Waals surface area contributed by atoms with Crippen LogP contribution in [0, 0.1) is 5.92 Å². The summed E-state index contributed by atoms with van der Waals surface area (Å²) in [5, 5.41) is 7.61. The number of hydrazine groups is 1. The van der Waals surface area contributed by atoms with E-state index in [-0.39, 0.29) is 23.9 Å². The van der Waals surface area contributed by atoms with Gasteiger partial charge >= 0.3 is 6.09 Å². The number of piperidine rings is 2. The van der Waals surface area contributed by atoms with E-state index in [0.717, 1.165) is 64.3 Å². The Labute approximate surface area is 220 Å². The van der Waals surface area contributed by atoms with E-state index in [1.165, 1.54) is 12.1 Å². The summed E-state index contributed by atoms with van der Waals surface area (Å²) in [6.45, 7) is 12.6. The normalized spacial score (nSPS) is 22.5. The maximum atomic E-state index is 12.0. The standard InChI is InChI=1S/C27H42N6O4/c1-27(2,3)37-26(36)30-33-14-11-20(12-15-33)10-13-31-16-18-32(19-17-31)22-6-4-21(5-7-22)28-23-8-9-24(34)29-25(23)35/h4-7,20,23,28H,8-19H2,1-3H3,(H,30,36)(H,29,34,35). The zero-order chi connectivity index (χ0) is 26.4. The molecule has 0 radical (unpaired) electrons. The quantitative estimate of drug-likeness (QED) is 0.477. The van der Waals surface area contributed by atoms with Crippen molar-refractivity contribution in [3.05, 3.63) is 24.3 Å². The number of anilines is 2. The van der Waals surface area contributed by atoms with E-state index in [0.29, 0.717) is 18.8 Å². The molecule has 1 atom stereocenters. The molecule has 0 aliphatic carbocycles. The maximum absolute atomic E-state index is 12.0. The molecule has 3 aliphatic rings. The first-order chi connectivity index (χ1) is 17.6. The molecule has 1 aromatic carbocycles. The van der Waals surface area contributed by atoms with E-state index in [4.69, 9.17) is 4.74 Å². The molecule has 10 nitrogen and oxygen atoms in total. The van der Waals surface area contributed by atoms with Crippen molar-refractivity contribution < 1.29 is 19.1 Å². The van der Waals surface area contributed by atoms with Crippen LogP contribution >= 0.6 is 0 Å². The Bertz CT molecular complexity index is 931. The first-order valence-corrected chi connectivity index (χ1v) is 13.6. The lowest BCUT2D eigenvalue weighted by Crippen LogP contribution is -2.49. The fraction of sp³-hybridized carbons (Fsp3) is 0.667. The molecule has 3 fully saturated rings. The number of hydrogen-bond donors (Lipinski definition) is 3. The predicted octanol–water partition coefficient (Wildman–Crippen LogP) is 2.57. The van der Waals surface area contributed by atoms with Gasteiger partial charge in [-0.2, -0.15) is 0 Å². The molecule has 1 unspecified atom stereocenters. The molecule has 3 amide bonds. The van der Waals surface area contributed by atoms with Crippen molar-refractivity contribution in [2.45, 2.75) is 64.5 Å². The lowest BCUT2D eigenvalue weighted by Gasteiger charge is -2.37. The van der Waals surface area contributed by atoms with Gasteiger partial charge in [0.2, 0.25) is 11.8 Å². The first kappa shape index (κ1) is 27.2. The van der Waals surface area contributed by atoms with Gasteiger partial charge < -0.3 is 15.0 Å². The zero-order valence-electron chi connectivity index (χ0n) is 22.4. The number of nitrogens with zero attached hydrogens (tertiary/aromatic N) is 3. The van der Waals surface area contributed by atoms with Crippen LogP contribution in [-0.2, 0) is 14.3 Å². The molecule has 1 aromatic rings. The molecule has 0 saturated carbocycles. The summed E-state index contributed by atoms with van der Waals surface area (Å²) >= 11 is 0. The number of carbonyl (C=O) groups excluding carboxylic acids is 3. The van der Waals surface area contributed by atoms with Crippen molar-refractivity contribution in [2.24, 2.45) is 5.92 Å². The highest BCUT2D eigenvalue weighted by molar-refractivity contribution is 6.01. The number of benzene rings is 1. The highest BCUT2D eigenvalue weighted by atomic mass is 16.6. The smallest absolute Gasteiger partial charge is 0.422 e. The third kappa shape index (κ3) is 8.33. The SMILES string of the molecule is CC(C)(C)OC(=O)NN1CCC(CCN2CCN(c3ccc(NC4CCC(=O)NC4=O)cc3)CC2)CC1. The van der Waals surface area contributed by atoms with Gasteiger partial charge in [-0.3, -0.25) is 25.2 Å². The van der Waals surface area contributed by atoms with Crippen molar-refractivity contribution in [1.82, 2.24) is 20.7 Å². The van der Waals surface area contributed by atoms with E-state index in [1.807, 2.05) is 37.9 Å². The van der Waals surface area contributed by atoms with Crippen molar-refractivity contribution in [3.63, 3.8) is 0 Å². The molecule has 4 rings (SSSR count). The van der Waals surface area contributed by atoms with Gasteiger partial charge in [0.05, 0.1) is 0 Å². The van der Waals surface area contributed by atoms with Gasteiger partial charge in [-0.05, 0) is 83.2 Å². The van der Waals surface area contributed by atoms with Crippen LogP contribution in [-0.4, -0.2) is 85.3 Å². The monoisotopic (exact) mass is 514 g/mol. The summed E-state index contributed by atoms with van der Waals surface area (Å²) < 4.78 is 5.35. The average molecular weight is 515 g/mol. The largest absolute Gasteiger partial charge is 0.443 e. The second-order valence-electron chi connectivity index (χ2n) is 11.4. The Balaban J connectivity index is 1.12. The molecular formula is C27H42N6O4. The molecule has 10 heteroatoms. The van der Waals surface area contributed by atoms with Crippen LogP contribution in [0.15, 0.2) is 24.3 Å². The molecule has 3 heterocycles. The lowest BCUT2D eigenvalue weighted by molar-refractivity contribution is -0.133. The number of rotatable bonds is 7. The van der Waals surface area contributed by atoms with E-state index in [2.05, 4.69) is 38.0 Å². The van der Waals surface area contributed by atoms with Crippen LogP contribution in [0.2, 0.25) is 0 Å². The Hall–Kier alpha value is -2.85. The van der Waals surface area contributed by atoms with Crippen LogP contribution in [0.25, 0.3) is 0 Å². The van der Waals surface area contributed by atoms with Crippen LogP contribution in [0.1, 0.15) is 52.9 Å². The molecule has 3 saturated heterocycles. The molecule has 0 spiro atoms. The third-order valence-electron chi connectivity index (χ3n) is 7.30. The number of ether oxygens (including phenoxy) is 1. The molecular weight excluding hydrogens is 472 g/mol. The van der Waals surface area contributed by atoms with Gasteiger partial charge in [-0.15, -0.1) is 0 Å². The molecule has 37 heavy (non-hydrogen) atoms. The predicted molar refractivity (Wildman–Crippen MR) is 143 cm³/mol. The number of amides is 3.